The number of aromatic nitrogens is 2. The summed E-state index contributed by atoms with van der Waals surface area (Å²) in [5.41, 5.74) is 2.77. The Hall–Kier alpha value is -2.60. The van der Waals surface area contributed by atoms with E-state index in [9.17, 15) is 4.79 Å². The summed E-state index contributed by atoms with van der Waals surface area (Å²) in [7, 11) is 0. The summed E-state index contributed by atoms with van der Waals surface area (Å²) in [5.74, 6) is 0.910. The fourth-order valence-corrected chi connectivity index (χ4v) is 2.88. The molecule has 3 rings (SSSR count). The summed E-state index contributed by atoms with van der Waals surface area (Å²) in [5, 5.41) is 3.41. The molecule has 3 aromatic rings. The molecule has 0 saturated heterocycles. The number of carbonyl (C=O) groups is 1. The summed E-state index contributed by atoms with van der Waals surface area (Å²) >= 11 is 1.32. The van der Waals surface area contributed by atoms with E-state index >= 15 is 0 Å². The fourth-order valence-electron chi connectivity index (χ4n) is 2.14. The number of thioether (sulfide) groups is 1. The number of benzene rings is 1. The quantitative estimate of drug-likeness (QED) is 0.550. The van der Waals surface area contributed by atoms with Crippen molar-refractivity contribution >= 4 is 17.7 Å². The first-order chi connectivity index (χ1) is 11.7. The zero-order valence-electron chi connectivity index (χ0n) is 13.2. The van der Waals surface area contributed by atoms with Gasteiger partial charge >= 0.3 is 0 Å². The molecule has 0 spiro atoms. The van der Waals surface area contributed by atoms with Gasteiger partial charge in [0, 0.05) is 11.3 Å². The molecule has 0 atom stereocenters. The molecule has 0 radical (unpaired) electrons. The average molecular weight is 339 g/mol. The van der Waals surface area contributed by atoms with Gasteiger partial charge in [-0.2, -0.15) is 0 Å². The number of hydrogen-bond donors (Lipinski definition) is 1. The van der Waals surface area contributed by atoms with E-state index in [1.807, 2.05) is 49.4 Å². The van der Waals surface area contributed by atoms with Crippen molar-refractivity contribution in [2.45, 2.75) is 18.6 Å². The molecule has 24 heavy (non-hydrogen) atoms. The Morgan fingerprint density at radius 3 is 2.75 bits per heavy atom. The van der Waals surface area contributed by atoms with Crippen molar-refractivity contribution in [3.8, 4) is 11.3 Å². The van der Waals surface area contributed by atoms with Gasteiger partial charge in [-0.05, 0) is 25.1 Å². The van der Waals surface area contributed by atoms with Crippen LogP contribution in [0.15, 0.2) is 64.4 Å². The lowest BCUT2D eigenvalue weighted by Gasteiger charge is -2.06. The summed E-state index contributed by atoms with van der Waals surface area (Å²) in [6.45, 7) is 2.31. The monoisotopic (exact) mass is 339 g/mol. The van der Waals surface area contributed by atoms with Crippen LogP contribution in [0.3, 0.4) is 0 Å². The van der Waals surface area contributed by atoms with Gasteiger partial charge in [0.15, 0.2) is 5.16 Å². The molecule has 2 aromatic heterocycles. The predicted molar refractivity (Wildman–Crippen MR) is 93.5 cm³/mol. The van der Waals surface area contributed by atoms with Crippen LogP contribution in [0, 0.1) is 6.92 Å². The number of amides is 1. The highest BCUT2D eigenvalue weighted by molar-refractivity contribution is 7.99. The van der Waals surface area contributed by atoms with Gasteiger partial charge in [-0.25, -0.2) is 9.97 Å². The van der Waals surface area contributed by atoms with E-state index in [0.717, 1.165) is 22.7 Å². The van der Waals surface area contributed by atoms with E-state index in [1.165, 1.54) is 11.8 Å². The first kappa shape index (κ1) is 16.3. The Kier molecular flexibility index (Phi) is 5.28. The van der Waals surface area contributed by atoms with Crippen molar-refractivity contribution in [1.29, 1.82) is 0 Å². The number of furan rings is 1. The summed E-state index contributed by atoms with van der Waals surface area (Å²) in [4.78, 5) is 20.9. The van der Waals surface area contributed by atoms with Gasteiger partial charge < -0.3 is 9.73 Å². The molecule has 1 aromatic carbocycles. The van der Waals surface area contributed by atoms with Crippen molar-refractivity contribution in [3.05, 3.63) is 66.2 Å². The number of aryl methyl sites for hydroxylation is 1. The van der Waals surface area contributed by atoms with Crippen LogP contribution in [-0.2, 0) is 11.3 Å². The number of rotatable bonds is 6. The van der Waals surface area contributed by atoms with E-state index in [4.69, 9.17) is 4.42 Å². The van der Waals surface area contributed by atoms with E-state index in [2.05, 4.69) is 15.3 Å². The highest BCUT2D eigenvalue weighted by atomic mass is 32.2. The Bertz CT molecular complexity index is 804. The van der Waals surface area contributed by atoms with Gasteiger partial charge in [-0.3, -0.25) is 4.79 Å². The van der Waals surface area contributed by atoms with Crippen molar-refractivity contribution in [1.82, 2.24) is 15.3 Å². The standard InChI is InChI=1S/C18H17N3O2S/c1-13-10-16(14-6-3-2-4-7-14)21-18(20-13)24-12-17(22)19-11-15-8-5-9-23-15/h2-10H,11-12H2,1H3,(H,19,22). The van der Waals surface area contributed by atoms with E-state index in [1.54, 1.807) is 12.3 Å². The molecule has 1 N–H and O–H groups in total. The minimum absolute atomic E-state index is 0.0808. The van der Waals surface area contributed by atoms with Gasteiger partial charge in [0.05, 0.1) is 24.3 Å². The molecule has 0 bridgehead atoms. The van der Waals surface area contributed by atoms with Gasteiger partial charge in [-0.1, -0.05) is 42.1 Å². The maximum atomic E-state index is 11.9. The first-order valence-electron chi connectivity index (χ1n) is 7.54. The molecular weight excluding hydrogens is 322 g/mol. The van der Waals surface area contributed by atoms with Crippen LogP contribution in [0.4, 0.5) is 0 Å². The minimum Gasteiger partial charge on any atom is -0.467 e. The second kappa shape index (κ2) is 7.79. The summed E-state index contributed by atoms with van der Waals surface area (Å²) < 4.78 is 5.18. The number of nitrogens with zero attached hydrogens (tertiary/aromatic N) is 2. The minimum atomic E-state index is -0.0808. The van der Waals surface area contributed by atoms with Gasteiger partial charge in [0.25, 0.3) is 0 Å². The Morgan fingerprint density at radius 2 is 2.00 bits per heavy atom. The van der Waals surface area contributed by atoms with Crippen LogP contribution >= 0.6 is 11.8 Å². The summed E-state index contributed by atoms with van der Waals surface area (Å²) in [6.07, 6.45) is 1.59. The van der Waals surface area contributed by atoms with Crippen LogP contribution in [0.25, 0.3) is 11.3 Å². The highest BCUT2D eigenvalue weighted by Gasteiger charge is 2.08. The lowest BCUT2D eigenvalue weighted by molar-refractivity contribution is -0.118. The van der Waals surface area contributed by atoms with E-state index < -0.39 is 0 Å². The van der Waals surface area contributed by atoms with Crippen LogP contribution < -0.4 is 5.32 Å². The zero-order chi connectivity index (χ0) is 16.8. The van der Waals surface area contributed by atoms with Crippen LogP contribution in [-0.4, -0.2) is 21.6 Å². The van der Waals surface area contributed by atoms with Crippen molar-refractivity contribution in [3.63, 3.8) is 0 Å². The van der Waals surface area contributed by atoms with Crippen LogP contribution in [0.1, 0.15) is 11.5 Å². The van der Waals surface area contributed by atoms with Crippen molar-refractivity contribution < 1.29 is 9.21 Å². The first-order valence-corrected chi connectivity index (χ1v) is 8.52. The molecule has 0 aliphatic rings. The molecule has 5 nitrogen and oxygen atoms in total. The summed E-state index contributed by atoms with van der Waals surface area (Å²) in [6, 6.07) is 15.5. The Labute approximate surface area is 144 Å². The average Bonchev–Trinajstić information content (AvgIpc) is 3.12. The topological polar surface area (TPSA) is 68.0 Å². The SMILES string of the molecule is Cc1cc(-c2ccccc2)nc(SCC(=O)NCc2ccco2)n1. The molecule has 2 heterocycles. The van der Waals surface area contributed by atoms with Crippen LogP contribution in [0.5, 0.6) is 0 Å². The Balaban J connectivity index is 1.60. The second-order valence-electron chi connectivity index (χ2n) is 5.19. The molecule has 0 fully saturated rings. The number of carbonyl (C=O) groups excluding carboxylic acids is 1. The van der Waals surface area contributed by atoms with Gasteiger partial charge in [-0.15, -0.1) is 0 Å². The Morgan fingerprint density at radius 1 is 1.17 bits per heavy atom. The molecule has 122 valence electrons. The molecule has 0 aliphatic heterocycles. The molecule has 1 amide bonds. The third kappa shape index (κ3) is 4.45. The normalized spacial score (nSPS) is 10.5. The fraction of sp³-hybridized carbons (Fsp3) is 0.167. The van der Waals surface area contributed by atoms with Crippen molar-refractivity contribution in [2.24, 2.45) is 0 Å². The van der Waals surface area contributed by atoms with Crippen LogP contribution in [0.2, 0.25) is 0 Å². The molecule has 0 aliphatic carbocycles. The maximum Gasteiger partial charge on any atom is 0.230 e. The largest absolute Gasteiger partial charge is 0.467 e. The smallest absolute Gasteiger partial charge is 0.230 e. The molecule has 6 heteroatoms. The predicted octanol–water partition coefficient (Wildman–Crippen LogP) is 3.45. The van der Waals surface area contributed by atoms with Gasteiger partial charge in [0.1, 0.15) is 5.76 Å². The highest BCUT2D eigenvalue weighted by Crippen LogP contribution is 2.21. The zero-order valence-corrected chi connectivity index (χ0v) is 14.0. The molecule has 0 saturated carbocycles. The van der Waals surface area contributed by atoms with E-state index in [0.29, 0.717) is 11.7 Å². The maximum absolute atomic E-state index is 11.9. The third-order valence-electron chi connectivity index (χ3n) is 3.28. The lowest BCUT2D eigenvalue weighted by Crippen LogP contribution is -2.24. The second-order valence-corrected chi connectivity index (χ2v) is 6.13. The van der Waals surface area contributed by atoms with Gasteiger partial charge in [0.2, 0.25) is 5.91 Å². The molecule has 0 unspecified atom stereocenters. The van der Waals surface area contributed by atoms with Crippen molar-refractivity contribution in [2.75, 3.05) is 5.75 Å². The number of nitrogens with one attached hydrogen (secondary N) is 1. The number of hydrogen-bond acceptors (Lipinski definition) is 5. The lowest BCUT2D eigenvalue weighted by atomic mass is 10.1. The molecular formula is C18H17N3O2S. The third-order valence-corrected chi connectivity index (χ3v) is 4.12. The van der Waals surface area contributed by atoms with E-state index in [-0.39, 0.29) is 11.7 Å².